The molecule has 1 rings (SSSR count). The maximum absolute atomic E-state index is 12.6. The molecule has 0 amide bonds. The molecule has 0 saturated heterocycles. The van der Waals surface area contributed by atoms with Crippen LogP contribution >= 0.6 is 0 Å². The van der Waals surface area contributed by atoms with E-state index in [1.54, 1.807) is 54.5 Å². The smallest absolute Gasteiger partial charge is 0.326 e. The molecule has 0 aromatic heterocycles. The quantitative estimate of drug-likeness (QED) is 0.369. The zero-order valence-electron chi connectivity index (χ0n) is 23.0. The highest BCUT2D eigenvalue weighted by Gasteiger charge is 2.36. The van der Waals surface area contributed by atoms with Gasteiger partial charge in [-0.2, -0.15) is 0 Å². The molecule has 0 bridgehead atoms. The summed E-state index contributed by atoms with van der Waals surface area (Å²) in [6.45, 7) is 13.8. The Morgan fingerprint density at radius 1 is 0.889 bits per heavy atom. The number of carbonyl (C=O) groups excluding carboxylic acids is 4. The van der Waals surface area contributed by atoms with Crippen molar-refractivity contribution >= 4 is 23.9 Å². The molecular formula is C27H41NO8. The van der Waals surface area contributed by atoms with Gasteiger partial charge in [0, 0.05) is 12.8 Å². The summed E-state index contributed by atoms with van der Waals surface area (Å²) in [7, 11) is 1.22. The summed E-state index contributed by atoms with van der Waals surface area (Å²) >= 11 is 0. The number of rotatable bonds is 10. The van der Waals surface area contributed by atoms with Crippen molar-refractivity contribution in [2.75, 3.05) is 13.7 Å². The number of carbonyl (C=O) groups is 4. The first-order valence-electron chi connectivity index (χ1n) is 12.1. The van der Waals surface area contributed by atoms with Crippen molar-refractivity contribution < 1.29 is 38.1 Å². The SMILES string of the molecule is CCC(C)C(=O)OCC[C@@](N)(Cc1ccc(OC(=O)C(C)(C)C)c(OC(=O)C(C)(C)C)c1)C(=O)OC. The van der Waals surface area contributed by atoms with E-state index in [4.69, 9.17) is 24.7 Å². The van der Waals surface area contributed by atoms with Crippen molar-refractivity contribution in [1.29, 1.82) is 0 Å². The van der Waals surface area contributed by atoms with Crippen molar-refractivity contribution in [1.82, 2.24) is 0 Å². The van der Waals surface area contributed by atoms with Gasteiger partial charge < -0.3 is 24.7 Å². The summed E-state index contributed by atoms with van der Waals surface area (Å²) < 4.78 is 21.3. The molecule has 2 atom stereocenters. The highest BCUT2D eigenvalue weighted by Crippen LogP contribution is 2.33. The van der Waals surface area contributed by atoms with E-state index in [1.807, 2.05) is 6.92 Å². The lowest BCUT2D eigenvalue weighted by Crippen LogP contribution is -2.51. The molecule has 36 heavy (non-hydrogen) atoms. The number of hydrogen-bond acceptors (Lipinski definition) is 9. The predicted molar refractivity (Wildman–Crippen MR) is 134 cm³/mol. The van der Waals surface area contributed by atoms with E-state index in [-0.39, 0.29) is 42.8 Å². The van der Waals surface area contributed by atoms with Crippen molar-refractivity contribution in [3.05, 3.63) is 23.8 Å². The monoisotopic (exact) mass is 507 g/mol. The molecule has 0 aliphatic heterocycles. The van der Waals surface area contributed by atoms with Crippen molar-refractivity contribution in [3.8, 4) is 11.5 Å². The number of benzene rings is 1. The fraction of sp³-hybridized carbons (Fsp3) is 0.630. The molecule has 1 aromatic carbocycles. The minimum atomic E-state index is -1.51. The van der Waals surface area contributed by atoms with Crippen LogP contribution in [0.1, 0.15) is 73.8 Å². The van der Waals surface area contributed by atoms with Gasteiger partial charge >= 0.3 is 23.9 Å². The number of ether oxygens (including phenoxy) is 4. The van der Waals surface area contributed by atoms with Gasteiger partial charge in [0.25, 0.3) is 0 Å². The molecule has 0 radical (unpaired) electrons. The Bertz CT molecular complexity index is 958. The van der Waals surface area contributed by atoms with Gasteiger partial charge in [0.1, 0.15) is 5.54 Å². The summed E-state index contributed by atoms with van der Waals surface area (Å²) in [5.74, 6) is -2.26. The van der Waals surface area contributed by atoms with Crippen LogP contribution in [0.5, 0.6) is 11.5 Å². The molecule has 0 aliphatic carbocycles. The molecule has 0 heterocycles. The van der Waals surface area contributed by atoms with Crippen molar-refractivity contribution in [2.24, 2.45) is 22.5 Å². The second kappa shape index (κ2) is 12.3. The van der Waals surface area contributed by atoms with Gasteiger partial charge in [0.05, 0.1) is 30.5 Å². The topological polar surface area (TPSA) is 131 Å². The van der Waals surface area contributed by atoms with E-state index in [2.05, 4.69) is 0 Å². The maximum Gasteiger partial charge on any atom is 0.326 e. The molecule has 9 nitrogen and oxygen atoms in total. The zero-order chi connectivity index (χ0) is 27.9. The van der Waals surface area contributed by atoms with Crippen LogP contribution < -0.4 is 15.2 Å². The molecule has 9 heteroatoms. The molecule has 0 spiro atoms. The molecule has 1 aromatic rings. The van der Waals surface area contributed by atoms with Gasteiger partial charge in [0.15, 0.2) is 11.5 Å². The maximum atomic E-state index is 12.6. The Hall–Kier alpha value is -2.94. The normalized spacial score (nSPS) is 14.3. The third-order valence-corrected chi connectivity index (χ3v) is 5.56. The Labute approximate surface area is 214 Å². The van der Waals surface area contributed by atoms with Crippen LogP contribution in [0.4, 0.5) is 0 Å². The minimum Gasteiger partial charge on any atom is -0.468 e. The highest BCUT2D eigenvalue weighted by molar-refractivity contribution is 5.82. The molecule has 0 saturated carbocycles. The van der Waals surface area contributed by atoms with Crippen LogP contribution in [0.2, 0.25) is 0 Å². The molecular weight excluding hydrogens is 466 g/mol. The molecule has 1 unspecified atom stereocenters. The number of nitrogens with two attached hydrogens (primary N) is 1. The molecule has 2 N–H and O–H groups in total. The van der Waals surface area contributed by atoms with E-state index in [0.717, 1.165) is 0 Å². The van der Waals surface area contributed by atoms with Crippen molar-refractivity contribution in [3.63, 3.8) is 0 Å². The average molecular weight is 508 g/mol. The van der Waals surface area contributed by atoms with Crippen LogP contribution in [-0.4, -0.2) is 43.1 Å². The van der Waals surface area contributed by atoms with E-state index in [0.29, 0.717) is 12.0 Å². The predicted octanol–water partition coefficient (Wildman–Crippen LogP) is 3.98. The fourth-order valence-corrected chi connectivity index (χ4v) is 2.81. The summed E-state index contributed by atoms with van der Waals surface area (Å²) in [5, 5.41) is 0. The second-order valence-corrected chi connectivity index (χ2v) is 11.1. The van der Waals surface area contributed by atoms with Gasteiger partial charge in [0.2, 0.25) is 0 Å². The summed E-state index contributed by atoms with van der Waals surface area (Å²) in [6.07, 6.45) is 0.639. The van der Waals surface area contributed by atoms with Crippen LogP contribution in [-0.2, 0) is 35.1 Å². The van der Waals surface area contributed by atoms with E-state index < -0.39 is 34.3 Å². The minimum absolute atomic E-state index is 0.00583. The van der Waals surface area contributed by atoms with Crippen LogP contribution in [0.3, 0.4) is 0 Å². The first kappa shape index (κ1) is 31.1. The van der Waals surface area contributed by atoms with E-state index >= 15 is 0 Å². The van der Waals surface area contributed by atoms with E-state index in [9.17, 15) is 19.2 Å². The fourth-order valence-electron chi connectivity index (χ4n) is 2.81. The molecule has 0 aliphatic rings. The van der Waals surface area contributed by atoms with Gasteiger partial charge in [-0.25, -0.2) is 0 Å². The Morgan fingerprint density at radius 3 is 1.89 bits per heavy atom. The van der Waals surface area contributed by atoms with Gasteiger partial charge in [-0.3, -0.25) is 19.2 Å². The zero-order valence-corrected chi connectivity index (χ0v) is 23.0. The summed E-state index contributed by atoms with van der Waals surface area (Å²) in [5.41, 5.74) is 3.83. The third-order valence-electron chi connectivity index (χ3n) is 5.56. The van der Waals surface area contributed by atoms with Crippen LogP contribution in [0.15, 0.2) is 18.2 Å². The Kier molecular flexibility index (Phi) is 10.7. The van der Waals surface area contributed by atoms with Crippen molar-refractivity contribution in [2.45, 2.75) is 80.2 Å². The highest BCUT2D eigenvalue weighted by atomic mass is 16.6. The Balaban J connectivity index is 3.27. The molecule has 202 valence electrons. The van der Waals surface area contributed by atoms with Gasteiger partial charge in [-0.05, 0) is 65.7 Å². The lowest BCUT2D eigenvalue weighted by Gasteiger charge is -2.27. The van der Waals surface area contributed by atoms with Gasteiger partial charge in [-0.1, -0.05) is 19.9 Å². The van der Waals surface area contributed by atoms with E-state index in [1.165, 1.54) is 19.2 Å². The number of esters is 4. The third kappa shape index (κ3) is 8.93. The second-order valence-electron chi connectivity index (χ2n) is 11.1. The molecule has 0 fully saturated rings. The lowest BCUT2D eigenvalue weighted by atomic mass is 9.88. The lowest BCUT2D eigenvalue weighted by molar-refractivity contribution is -0.153. The average Bonchev–Trinajstić information content (AvgIpc) is 2.77. The first-order chi connectivity index (χ1) is 16.4. The largest absolute Gasteiger partial charge is 0.468 e. The number of hydrogen-bond donors (Lipinski definition) is 1. The van der Waals surface area contributed by atoms with Crippen LogP contribution in [0.25, 0.3) is 0 Å². The number of methoxy groups -OCH3 is 1. The first-order valence-corrected chi connectivity index (χ1v) is 12.1. The standard InChI is InChI=1S/C27H41NO8/c1-10-17(2)21(29)34-14-13-27(28,24(32)33-9)16-18-11-12-19(35-22(30)25(3,4)5)20(15-18)36-23(31)26(6,7)8/h11-12,15,17H,10,13-14,16,28H2,1-9H3/t17?,27-/m1/s1. The van der Waals surface area contributed by atoms with Gasteiger partial charge in [-0.15, -0.1) is 0 Å². The summed E-state index contributed by atoms with van der Waals surface area (Å²) in [4.78, 5) is 49.7. The van der Waals surface area contributed by atoms with Crippen LogP contribution in [0, 0.1) is 16.7 Å². The summed E-state index contributed by atoms with van der Waals surface area (Å²) in [6, 6.07) is 4.62. The Morgan fingerprint density at radius 2 is 1.42 bits per heavy atom.